The van der Waals surface area contributed by atoms with Gasteiger partial charge in [-0.05, 0) is 32.7 Å². The van der Waals surface area contributed by atoms with Crippen LogP contribution in [0.4, 0.5) is 0 Å². The highest BCUT2D eigenvalue weighted by Gasteiger charge is 2.16. The van der Waals surface area contributed by atoms with Crippen molar-refractivity contribution in [3.8, 4) is 0 Å². The quantitative estimate of drug-likeness (QED) is 0.815. The Balaban J connectivity index is 1.57. The van der Waals surface area contributed by atoms with Gasteiger partial charge in [0.15, 0.2) is 5.82 Å². The molecule has 0 saturated carbocycles. The Morgan fingerprint density at radius 3 is 2.90 bits per heavy atom. The van der Waals surface area contributed by atoms with E-state index in [0.717, 1.165) is 13.0 Å². The molecule has 2 aromatic rings. The van der Waals surface area contributed by atoms with E-state index in [1.807, 2.05) is 18.4 Å². The summed E-state index contributed by atoms with van der Waals surface area (Å²) in [5, 5.41) is 5.14. The largest absolute Gasteiger partial charge is 0.375 e. The van der Waals surface area contributed by atoms with Crippen LogP contribution < -0.4 is 0 Å². The predicted octanol–water partition coefficient (Wildman–Crippen LogP) is 2.18. The number of thiazole rings is 1. The zero-order valence-corrected chi connectivity index (χ0v) is 13.3. The summed E-state index contributed by atoms with van der Waals surface area (Å²) >= 11 is 1.85. The Labute approximate surface area is 128 Å². The van der Waals surface area contributed by atoms with Crippen LogP contribution in [0.5, 0.6) is 0 Å². The van der Waals surface area contributed by atoms with Gasteiger partial charge in [-0.3, -0.25) is 4.90 Å². The summed E-state index contributed by atoms with van der Waals surface area (Å²) < 4.78 is 10.1. The number of aryl methyl sites for hydroxylation is 2. The topological polar surface area (TPSA) is 64.3 Å². The Kier molecular flexibility index (Phi) is 4.62. The van der Waals surface area contributed by atoms with Crippen molar-refractivity contribution in [2.75, 3.05) is 14.2 Å². The molecular weight excluding hydrogens is 288 g/mol. The lowest BCUT2D eigenvalue weighted by atomic mass is 10.0. The Hall–Kier alpha value is -1.31. The zero-order chi connectivity index (χ0) is 14.7. The third-order valence-electron chi connectivity index (χ3n) is 3.48. The molecule has 6 nitrogen and oxygen atoms in total. The number of aromatic nitrogens is 3. The molecule has 0 amide bonds. The second-order valence-electron chi connectivity index (χ2n) is 5.39. The number of fused-ring (bicyclic) bond motifs is 1. The van der Waals surface area contributed by atoms with Crippen molar-refractivity contribution in [3.63, 3.8) is 0 Å². The fraction of sp³-hybridized carbons (Fsp3) is 0.643. The summed E-state index contributed by atoms with van der Waals surface area (Å²) in [4.78, 5) is 12.7. The predicted molar refractivity (Wildman–Crippen MR) is 78.9 cm³/mol. The van der Waals surface area contributed by atoms with Crippen LogP contribution in [0.15, 0.2) is 4.52 Å². The fourth-order valence-corrected chi connectivity index (χ4v) is 3.77. The first-order valence-corrected chi connectivity index (χ1v) is 8.02. The van der Waals surface area contributed by atoms with Crippen LogP contribution in [0, 0.1) is 0 Å². The lowest BCUT2D eigenvalue weighted by Crippen LogP contribution is -2.18. The van der Waals surface area contributed by atoms with E-state index in [1.165, 1.54) is 34.8 Å². The summed E-state index contributed by atoms with van der Waals surface area (Å²) in [5.41, 5.74) is 1.32. The van der Waals surface area contributed by atoms with Crippen LogP contribution >= 0.6 is 11.3 Å². The van der Waals surface area contributed by atoms with Crippen LogP contribution in [0.2, 0.25) is 0 Å². The summed E-state index contributed by atoms with van der Waals surface area (Å²) in [5.74, 6) is 1.21. The maximum absolute atomic E-state index is 5.10. The fourth-order valence-electron chi connectivity index (χ4n) is 2.54. The van der Waals surface area contributed by atoms with Gasteiger partial charge in [-0.1, -0.05) is 5.16 Å². The molecule has 0 aromatic carbocycles. The average molecular weight is 308 g/mol. The smallest absolute Gasteiger partial charge is 0.252 e. The van der Waals surface area contributed by atoms with Crippen molar-refractivity contribution in [1.29, 1.82) is 0 Å². The Bertz CT molecular complexity index is 572. The number of methoxy groups -OCH3 is 1. The molecule has 0 radical (unpaired) electrons. The third kappa shape index (κ3) is 3.66. The molecule has 21 heavy (non-hydrogen) atoms. The zero-order valence-electron chi connectivity index (χ0n) is 12.5. The molecule has 1 aliphatic carbocycles. The summed E-state index contributed by atoms with van der Waals surface area (Å²) in [6, 6.07) is 0. The standard InChI is InChI=1S/C14H20N4O2S/c1-18(7-12-16-13(9-19-2)20-17-12)8-14-15-10-5-3-4-6-11(10)21-14/h3-9H2,1-2H3. The van der Waals surface area contributed by atoms with Gasteiger partial charge < -0.3 is 9.26 Å². The van der Waals surface area contributed by atoms with Gasteiger partial charge in [-0.2, -0.15) is 4.98 Å². The molecule has 1 aliphatic rings. The van der Waals surface area contributed by atoms with Crippen LogP contribution in [0.1, 0.15) is 40.1 Å². The molecule has 0 bridgehead atoms. The van der Waals surface area contributed by atoms with E-state index in [1.54, 1.807) is 7.11 Å². The number of rotatable bonds is 6. The van der Waals surface area contributed by atoms with Crippen molar-refractivity contribution >= 4 is 11.3 Å². The number of ether oxygens (including phenoxy) is 1. The summed E-state index contributed by atoms with van der Waals surface area (Å²) in [7, 11) is 3.66. The van der Waals surface area contributed by atoms with Crippen LogP contribution in [-0.4, -0.2) is 34.2 Å². The minimum absolute atomic E-state index is 0.357. The highest BCUT2D eigenvalue weighted by Crippen LogP contribution is 2.27. The SMILES string of the molecule is COCc1nc(CN(C)Cc2nc3c(s2)CCCC3)no1. The maximum atomic E-state index is 5.10. The second-order valence-corrected chi connectivity index (χ2v) is 6.56. The van der Waals surface area contributed by atoms with Crippen molar-refractivity contribution in [2.24, 2.45) is 0 Å². The van der Waals surface area contributed by atoms with E-state index in [9.17, 15) is 0 Å². The van der Waals surface area contributed by atoms with Gasteiger partial charge in [0, 0.05) is 12.0 Å². The van der Waals surface area contributed by atoms with Crippen molar-refractivity contribution in [2.45, 2.75) is 45.4 Å². The lowest BCUT2D eigenvalue weighted by Gasteiger charge is -2.11. The van der Waals surface area contributed by atoms with Crippen LogP contribution in [0.25, 0.3) is 0 Å². The summed E-state index contributed by atoms with van der Waals surface area (Å²) in [6.45, 7) is 1.83. The van der Waals surface area contributed by atoms with E-state index in [2.05, 4.69) is 15.0 Å². The molecule has 0 atom stereocenters. The minimum Gasteiger partial charge on any atom is -0.375 e. The van der Waals surface area contributed by atoms with Gasteiger partial charge in [-0.15, -0.1) is 11.3 Å². The molecule has 0 spiro atoms. The Morgan fingerprint density at radius 2 is 2.10 bits per heavy atom. The minimum atomic E-state index is 0.357. The average Bonchev–Trinajstić information content (AvgIpc) is 3.05. The molecule has 2 heterocycles. The molecule has 0 unspecified atom stereocenters. The molecule has 7 heteroatoms. The van der Waals surface area contributed by atoms with Gasteiger partial charge in [0.1, 0.15) is 11.6 Å². The molecular formula is C14H20N4O2S. The first-order valence-electron chi connectivity index (χ1n) is 7.21. The monoisotopic (exact) mass is 308 g/mol. The van der Waals surface area contributed by atoms with E-state index in [4.69, 9.17) is 14.2 Å². The van der Waals surface area contributed by atoms with Gasteiger partial charge >= 0.3 is 0 Å². The summed E-state index contributed by atoms with van der Waals surface area (Å²) in [6.07, 6.45) is 4.91. The molecule has 2 aromatic heterocycles. The van der Waals surface area contributed by atoms with Gasteiger partial charge in [0.25, 0.3) is 5.89 Å². The van der Waals surface area contributed by atoms with Crippen LogP contribution in [0.3, 0.4) is 0 Å². The van der Waals surface area contributed by atoms with Gasteiger partial charge in [-0.25, -0.2) is 4.98 Å². The first kappa shape index (κ1) is 14.6. The van der Waals surface area contributed by atoms with E-state index < -0.39 is 0 Å². The van der Waals surface area contributed by atoms with Crippen LogP contribution in [-0.2, 0) is 37.3 Å². The number of hydrogen-bond acceptors (Lipinski definition) is 7. The van der Waals surface area contributed by atoms with E-state index in [-0.39, 0.29) is 0 Å². The highest BCUT2D eigenvalue weighted by molar-refractivity contribution is 7.11. The van der Waals surface area contributed by atoms with Crippen molar-refractivity contribution < 1.29 is 9.26 Å². The molecule has 3 rings (SSSR count). The maximum Gasteiger partial charge on any atom is 0.252 e. The van der Waals surface area contributed by atoms with E-state index in [0.29, 0.717) is 24.9 Å². The van der Waals surface area contributed by atoms with Gasteiger partial charge in [0.2, 0.25) is 0 Å². The van der Waals surface area contributed by atoms with E-state index >= 15 is 0 Å². The molecule has 0 fully saturated rings. The lowest BCUT2D eigenvalue weighted by molar-refractivity contribution is 0.151. The highest BCUT2D eigenvalue weighted by atomic mass is 32.1. The second kappa shape index (κ2) is 6.64. The normalized spacial score (nSPS) is 14.6. The van der Waals surface area contributed by atoms with Gasteiger partial charge in [0.05, 0.1) is 18.8 Å². The third-order valence-corrected chi connectivity index (χ3v) is 4.63. The molecule has 0 saturated heterocycles. The molecule has 0 N–H and O–H groups in total. The number of nitrogens with zero attached hydrogens (tertiary/aromatic N) is 4. The van der Waals surface area contributed by atoms with Crippen molar-refractivity contribution in [3.05, 3.63) is 27.3 Å². The molecule has 114 valence electrons. The van der Waals surface area contributed by atoms with Crippen molar-refractivity contribution in [1.82, 2.24) is 20.0 Å². The first-order chi connectivity index (χ1) is 10.2. The number of hydrogen-bond donors (Lipinski definition) is 0. The Morgan fingerprint density at radius 1 is 1.24 bits per heavy atom. The molecule has 0 aliphatic heterocycles.